The highest BCUT2D eigenvalue weighted by molar-refractivity contribution is 9.10. The second-order valence-electron chi connectivity index (χ2n) is 5.07. The van der Waals surface area contributed by atoms with Crippen molar-refractivity contribution in [1.29, 1.82) is 0 Å². The number of aromatic nitrogens is 2. The summed E-state index contributed by atoms with van der Waals surface area (Å²) in [5.74, 6) is 0.322. The van der Waals surface area contributed by atoms with Gasteiger partial charge in [-0.1, -0.05) is 21.1 Å². The molecule has 0 bridgehead atoms. The molecule has 0 fully saturated rings. The number of nitrogens with one attached hydrogen (secondary N) is 1. The van der Waals surface area contributed by atoms with Crippen molar-refractivity contribution in [2.75, 3.05) is 5.32 Å². The van der Waals surface area contributed by atoms with Crippen molar-refractivity contribution >= 4 is 27.5 Å². The summed E-state index contributed by atoms with van der Waals surface area (Å²) in [5, 5.41) is 6.60. The van der Waals surface area contributed by atoms with E-state index in [1.165, 1.54) is 24.3 Å². The second-order valence-corrected chi connectivity index (χ2v) is 5.99. The third-order valence-corrected chi connectivity index (χ3v) is 3.79. The SMILES string of the molecule is O=C(CCc1nc(-c2ccc(Br)cc2)no1)Nc1ccc(F)cc1. The number of hydrogen-bond donors (Lipinski definition) is 1. The minimum atomic E-state index is -0.348. The molecule has 2 aromatic carbocycles. The van der Waals surface area contributed by atoms with Crippen molar-refractivity contribution in [2.24, 2.45) is 0 Å². The fraction of sp³-hybridized carbons (Fsp3) is 0.118. The molecule has 3 aromatic rings. The summed E-state index contributed by atoms with van der Waals surface area (Å²) in [6.07, 6.45) is 0.524. The first-order chi connectivity index (χ1) is 11.6. The Balaban J connectivity index is 1.56. The quantitative estimate of drug-likeness (QED) is 0.709. The van der Waals surface area contributed by atoms with E-state index in [1.807, 2.05) is 24.3 Å². The van der Waals surface area contributed by atoms with E-state index in [0.717, 1.165) is 10.0 Å². The van der Waals surface area contributed by atoms with E-state index in [0.29, 0.717) is 23.8 Å². The van der Waals surface area contributed by atoms with Gasteiger partial charge in [-0.15, -0.1) is 0 Å². The number of amides is 1. The van der Waals surface area contributed by atoms with Gasteiger partial charge in [0.15, 0.2) is 0 Å². The van der Waals surface area contributed by atoms with Crippen LogP contribution in [0.3, 0.4) is 0 Å². The Kier molecular flexibility index (Phi) is 5.00. The van der Waals surface area contributed by atoms with Crippen molar-refractivity contribution in [1.82, 2.24) is 10.1 Å². The van der Waals surface area contributed by atoms with E-state index in [9.17, 15) is 9.18 Å². The Morgan fingerprint density at radius 1 is 1.12 bits per heavy atom. The number of nitrogens with zero attached hydrogens (tertiary/aromatic N) is 2. The highest BCUT2D eigenvalue weighted by atomic mass is 79.9. The normalized spacial score (nSPS) is 10.6. The van der Waals surface area contributed by atoms with Crippen molar-refractivity contribution in [2.45, 2.75) is 12.8 Å². The van der Waals surface area contributed by atoms with Crippen LogP contribution in [0.1, 0.15) is 12.3 Å². The van der Waals surface area contributed by atoms with Gasteiger partial charge in [0.05, 0.1) is 0 Å². The number of hydrogen-bond acceptors (Lipinski definition) is 4. The summed E-state index contributed by atoms with van der Waals surface area (Å²) in [4.78, 5) is 16.2. The van der Waals surface area contributed by atoms with E-state index >= 15 is 0 Å². The van der Waals surface area contributed by atoms with Crippen LogP contribution in [0.15, 0.2) is 57.5 Å². The number of benzene rings is 2. The van der Waals surface area contributed by atoms with Crippen LogP contribution in [0.5, 0.6) is 0 Å². The van der Waals surface area contributed by atoms with Crippen molar-refractivity contribution < 1.29 is 13.7 Å². The Bertz CT molecular complexity index is 832. The molecular formula is C17H13BrFN3O2. The maximum Gasteiger partial charge on any atom is 0.227 e. The second kappa shape index (κ2) is 7.35. The topological polar surface area (TPSA) is 68.0 Å². The van der Waals surface area contributed by atoms with Crippen LogP contribution in [0.2, 0.25) is 0 Å². The summed E-state index contributed by atoms with van der Waals surface area (Å²) in [7, 11) is 0. The number of rotatable bonds is 5. The number of carbonyl (C=O) groups is 1. The van der Waals surface area contributed by atoms with Crippen LogP contribution in [0, 0.1) is 5.82 Å². The first kappa shape index (κ1) is 16.3. The molecule has 0 saturated carbocycles. The van der Waals surface area contributed by atoms with Gasteiger partial charge in [0.25, 0.3) is 0 Å². The molecule has 0 aliphatic heterocycles. The predicted octanol–water partition coefficient (Wildman–Crippen LogP) is 4.21. The summed E-state index contributed by atoms with van der Waals surface area (Å²) < 4.78 is 18.9. The number of halogens is 2. The third kappa shape index (κ3) is 4.26. The van der Waals surface area contributed by atoms with Crippen molar-refractivity contribution in [3.63, 3.8) is 0 Å². The van der Waals surface area contributed by atoms with Crippen LogP contribution >= 0.6 is 15.9 Å². The summed E-state index contributed by atoms with van der Waals surface area (Å²) in [6, 6.07) is 13.1. The summed E-state index contributed by atoms with van der Waals surface area (Å²) in [6.45, 7) is 0. The highest BCUT2D eigenvalue weighted by Crippen LogP contribution is 2.19. The fourth-order valence-electron chi connectivity index (χ4n) is 2.05. The molecule has 0 radical (unpaired) electrons. The average molecular weight is 390 g/mol. The zero-order valence-electron chi connectivity index (χ0n) is 12.5. The van der Waals surface area contributed by atoms with Crippen molar-refractivity contribution in [3.05, 3.63) is 64.7 Å². The molecule has 0 aliphatic rings. The van der Waals surface area contributed by atoms with Gasteiger partial charge < -0.3 is 9.84 Å². The van der Waals surface area contributed by atoms with Gasteiger partial charge in [0.1, 0.15) is 5.82 Å². The molecule has 0 aliphatic carbocycles. The number of aryl methyl sites for hydroxylation is 1. The molecule has 0 atom stereocenters. The molecule has 1 aromatic heterocycles. The molecule has 0 unspecified atom stereocenters. The maximum absolute atomic E-state index is 12.8. The molecule has 1 N–H and O–H groups in total. The van der Waals surface area contributed by atoms with E-state index in [2.05, 4.69) is 31.4 Å². The van der Waals surface area contributed by atoms with Gasteiger partial charge in [0.2, 0.25) is 17.6 Å². The molecule has 0 saturated heterocycles. The predicted molar refractivity (Wildman–Crippen MR) is 90.8 cm³/mol. The molecule has 7 heteroatoms. The van der Waals surface area contributed by atoms with Crippen LogP contribution in [-0.2, 0) is 11.2 Å². The smallest absolute Gasteiger partial charge is 0.227 e. The molecule has 1 heterocycles. The molecular weight excluding hydrogens is 377 g/mol. The minimum Gasteiger partial charge on any atom is -0.339 e. The largest absolute Gasteiger partial charge is 0.339 e. The summed E-state index contributed by atoms with van der Waals surface area (Å²) in [5.41, 5.74) is 1.38. The van der Waals surface area contributed by atoms with Crippen LogP contribution in [0.4, 0.5) is 10.1 Å². The van der Waals surface area contributed by atoms with E-state index in [1.54, 1.807) is 0 Å². The van der Waals surface area contributed by atoms with E-state index in [4.69, 9.17) is 4.52 Å². The van der Waals surface area contributed by atoms with Gasteiger partial charge >= 0.3 is 0 Å². The lowest BCUT2D eigenvalue weighted by Crippen LogP contribution is -2.12. The fourth-order valence-corrected chi connectivity index (χ4v) is 2.31. The summed E-state index contributed by atoms with van der Waals surface area (Å²) >= 11 is 3.37. The van der Waals surface area contributed by atoms with Crippen LogP contribution in [0.25, 0.3) is 11.4 Å². The Labute approximate surface area is 146 Å². The van der Waals surface area contributed by atoms with E-state index in [-0.39, 0.29) is 18.1 Å². The van der Waals surface area contributed by atoms with Crippen molar-refractivity contribution in [3.8, 4) is 11.4 Å². The monoisotopic (exact) mass is 389 g/mol. The lowest BCUT2D eigenvalue weighted by Gasteiger charge is -2.03. The maximum atomic E-state index is 12.8. The molecule has 24 heavy (non-hydrogen) atoms. The lowest BCUT2D eigenvalue weighted by atomic mass is 10.2. The highest BCUT2D eigenvalue weighted by Gasteiger charge is 2.11. The molecule has 5 nitrogen and oxygen atoms in total. The molecule has 3 rings (SSSR count). The minimum absolute atomic E-state index is 0.194. The van der Waals surface area contributed by atoms with E-state index < -0.39 is 0 Å². The van der Waals surface area contributed by atoms with Gasteiger partial charge in [-0.05, 0) is 48.5 Å². The molecule has 0 spiro atoms. The van der Waals surface area contributed by atoms with Gasteiger partial charge in [-0.2, -0.15) is 4.98 Å². The Morgan fingerprint density at radius 3 is 2.54 bits per heavy atom. The molecule has 1 amide bonds. The number of carbonyl (C=O) groups excluding carboxylic acids is 1. The first-order valence-corrected chi connectivity index (χ1v) is 8.03. The van der Waals surface area contributed by atoms with Gasteiger partial charge in [0, 0.05) is 28.6 Å². The average Bonchev–Trinajstić information content (AvgIpc) is 3.05. The zero-order chi connectivity index (χ0) is 16.9. The lowest BCUT2D eigenvalue weighted by molar-refractivity contribution is -0.116. The standard InChI is InChI=1S/C17H13BrFN3O2/c18-12-3-1-11(2-4-12)17-21-16(24-22-17)10-9-15(23)20-14-7-5-13(19)6-8-14/h1-8H,9-10H2,(H,20,23). The van der Waals surface area contributed by atoms with Crippen LogP contribution < -0.4 is 5.32 Å². The zero-order valence-corrected chi connectivity index (χ0v) is 14.1. The van der Waals surface area contributed by atoms with Gasteiger partial charge in [-0.3, -0.25) is 4.79 Å². The Morgan fingerprint density at radius 2 is 1.83 bits per heavy atom. The number of anilines is 1. The molecule has 122 valence electrons. The van der Waals surface area contributed by atoms with Crippen LogP contribution in [-0.4, -0.2) is 16.0 Å². The first-order valence-electron chi connectivity index (χ1n) is 7.24. The Hall–Kier alpha value is -2.54. The van der Waals surface area contributed by atoms with Gasteiger partial charge in [-0.25, -0.2) is 4.39 Å². The third-order valence-electron chi connectivity index (χ3n) is 3.26.